The molecule has 4 fully saturated rings. The van der Waals surface area contributed by atoms with Crippen molar-refractivity contribution in [2.45, 2.75) is 35.3 Å². The van der Waals surface area contributed by atoms with Crippen LogP contribution in [-0.2, 0) is 28.3 Å². The number of rotatable bonds is 0. The first-order valence-electron chi connectivity index (χ1n) is 30.1. The van der Waals surface area contributed by atoms with Gasteiger partial charge >= 0.3 is 0 Å². The third-order valence-electron chi connectivity index (χ3n) is 24.7. The van der Waals surface area contributed by atoms with Crippen molar-refractivity contribution in [2.24, 2.45) is 70.0 Å². The van der Waals surface area contributed by atoms with E-state index in [1.165, 1.54) is 112 Å². The molecule has 3 aromatic carbocycles. The quantitative estimate of drug-likeness (QED) is 0.106. The third-order valence-corrected chi connectivity index (χ3v) is 24.7. The Morgan fingerprint density at radius 3 is 1.82 bits per heavy atom. The van der Waals surface area contributed by atoms with Crippen molar-refractivity contribution < 1.29 is 13.7 Å². The molecule has 0 amide bonds. The average molecular weight is 1020 g/mol. The van der Waals surface area contributed by atoms with E-state index in [1.807, 2.05) is 0 Å². The molecule has 3 nitrogen and oxygen atoms in total. The number of pyridine rings is 3. The van der Waals surface area contributed by atoms with Gasteiger partial charge in [-0.1, -0.05) is 177 Å². The van der Waals surface area contributed by atoms with Gasteiger partial charge < -0.3 is 0 Å². The molecule has 0 radical (unpaired) electrons. The van der Waals surface area contributed by atoms with E-state index in [0.29, 0.717) is 53.3 Å². The molecule has 12 atom stereocenters. The summed E-state index contributed by atoms with van der Waals surface area (Å²) in [6.07, 6.45) is 57.0. The molecule has 0 saturated heterocycles. The van der Waals surface area contributed by atoms with Crippen LogP contribution in [0.1, 0.15) is 40.7 Å². The zero-order valence-electron chi connectivity index (χ0n) is 44.3. The SMILES string of the molecule is CC1C2=CC3C4C5C=CC2(C=CC534)c2ccc3c[n+]2C/C=C(/c2ccccc2-3)C23C=C4c5ccccc5-c5ccc([n+]2c5)C25C=CC6C(C=C2)C6C=C5C3=C2[n+]3cc5ccc3C36C=CC7C(C=C3)C7C=C6C42/C=C\1c1ccccc1-5. The molecule has 3 heteroatoms. The Balaban J connectivity index is 1.02. The van der Waals surface area contributed by atoms with Crippen molar-refractivity contribution in [3.05, 3.63) is 293 Å². The lowest BCUT2D eigenvalue weighted by molar-refractivity contribution is -0.741. The monoisotopic (exact) mass is 1020 g/mol. The van der Waals surface area contributed by atoms with Gasteiger partial charge in [0.25, 0.3) is 0 Å². The minimum atomic E-state index is -0.816. The lowest BCUT2D eigenvalue weighted by atomic mass is 9.48. The molecule has 12 unspecified atom stereocenters. The van der Waals surface area contributed by atoms with Gasteiger partial charge in [0.05, 0.1) is 0 Å². The summed E-state index contributed by atoms with van der Waals surface area (Å²) < 4.78 is 8.38. The number of fused-ring (bicyclic) bond motifs is 15. The van der Waals surface area contributed by atoms with Crippen molar-refractivity contribution in [1.29, 1.82) is 0 Å². The summed E-state index contributed by atoms with van der Waals surface area (Å²) in [5.41, 5.74) is 24.4. The Hall–Kier alpha value is -8.27. The lowest BCUT2D eigenvalue weighted by Crippen LogP contribution is -2.70. The van der Waals surface area contributed by atoms with Gasteiger partial charge in [-0.2, -0.15) is 13.7 Å². The predicted octanol–water partition coefficient (Wildman–Crippen LogP) is 13.2. The van der Waals surface area contributed by atoms with Gasteiger partial charge in [-0.15, -0.1) is 0 Å². The Kier molecular flexibility index (Phi) is 6.32. The molecule has 25 rings (SSSR count). The Morgan fingerprint density at radius 1 is 0.463 bits per heavy atom. The van der Waals surface area contributed by atoms with E-state index in [4.69, 9.17) is 0 Å². The molecular formula is C77H54N3+3. The molecule has 9 heterocycles. The van der Waals surface area contributed by atoms with E-state index < -0.39 is 27.2 Å². The third kappa shape index (κ3) is 4.03. The van der Waals surface area contributed by atoms with E-state index in [2.05, 4.69) is 258 Å². The fourth-order valence-corrected chi connectivity index (χ4v) is 20.9. The molecule has 5 spiro atoms. The maximum absolute atomic E-state index is 2.97. The topological polar surface area (TPSA) is 11.6 Å². The average Bonchev–Trinajstić information content (AvgIpc) is 2.41. The van der Waals surface area contributed by atoms with E-state index in [-0.39, 0.29) is 11.3 Å². The fraction of sp³-hybridized carbons (Fsp3) is 0.234. The highest BCUT2D eigenvalue weighted by molar-refractivity contribution is 6.04. The van der Waals surface area contributed by atoms with Gasteiger partial charge in [-0.05, 0) is 139 Å². The molecular weight excluding hydrogens is 967 g/mol. The summed E-state index contributed by atoms with van der Waals surface area (Å²) in [4.78, 5) is 0. The number of nitrogens with zero attached hydrogens (tertiary/aromatic N) is 3. The number of hydrogen-bond donors (Lipinski definition) is 0. The van der Waals surface area contributed by atoms with Crippen molar-refractivity contribution in [1.82, 2.24) is 0 Å². The molecule has 13 aliphatic carbocycles. The summed E-state index contributed by atoms with van der Waals surface area (Å²) in [5.74, 6) is 4.73. The van der Waals surface area contributed by atoms with Crippen LogP contribution in [0.5, 0.6) is 0 Å². The summed E-state index contributed by atoms with van der Waals surface area (Å²) in [6.45, 7) is 3.36. The maximum Gasteiger partial charge on any atom is 0.245 e. The minimum Gasteiger partial charge on any atom is -0.197 e. The van der Waals surface area contributed by atoms with Crippen LogP contribution >= 0.6 is 0 Å². The largest absolute Gasteiger partial charge is 0.245 e. The number of allylic oxidation sites excluding steroid dienone is 26. The standard InChI is InChI=1S/C77H54N3/c1-42-58-37-76-64-38-77(59-25-33-78-39-43(47-9-3-6-12-54(47)59)14-17-66(78)73-30-24-60-69-63(36-61(42)73)75(60,69)32-31-73)70(62-34-56-50-20-26-72(62,27-21-51(50)56)68-19-16-45(41-80(68)77)48-10-4-7-13-55(48)64)71(76)79-40-44(46-8-2-5-11-49(46)58)15-18-67(79)74-28-22-52-53(23-29-74)57(52)35-65(74)76/h2-32,34-42,50-53,56-57,60,63,69H,33H2,1H3/q+3/b58-37+,59-25-. The second-order valence-electron chi connectivity index (χ2n) is 27.3. The van der Waals surface area contributed by atoms with Crippen LogP contribution < -0.4 is 13.7 Å². The Bertz CT molecular complexity index is 4650. The summed E-state index contributed by atoms with van der Waals surface area (Å²) in [7, 11) is 0. The number of benzene rings is 3. The Morgan fingerprint density at radius 2 is 1.07 bits per heavy atom. The highest BCUT2D eigenvalue weighted by atomic mass is 15.1. The normalized spacial score (nSPS) is 42.2. The minimum absolute atomic E-state index is 0.0168. The molecule has 374 valence electrons. The van der Waals surface area contributed by atoms with Crippen molar-refractivity contribution in [3.63, 3.8) is 0 Å². The van der Waals surface area contributed by atoms with Gasteiger partial charge in [0, 0.05) is 57.9 Å². The summed E-state index contributed by atoms with van der Waals surface area (Å²) >= 11 is 0. The van der Waals surface area contributed by atoms with Gasteiger partial charge in [0.15, 0.2) is 30.8 Å². The molecule has 3 aromatic heterocycles. The van der Waals surface area contributed by atoms with Gasteiger partial charge in [-0.3, -0.25) is 0 Å². The molecule has 19 aliphatic rings. The van der Waals surface area contributed by atoms with Gasteiger partial charge in [-0.25, -0.2) is 0 Å². The van der Waals surface area contributed by atoms with Crippen molar-refractivity contribution >= 4 is 22.4 Å². The van der Waals surface area contributed by atoms with Crippen LogP contribution in [0.2, 0.25) is 0 Å². The first-order chi connectivity index (χ1) is 39.4. The first kappa shape index (κ1) is 40.8. The van der Waals surface area contributed by atoms with Crippen LogP contribution in [0.4, 0.5) is 0 Å². The smallest absolute Gasteiger partial charge is 0.197 e. The molecule has 22 bridgehead atoms. The lowest BCUT2D eigenvalue weighted by Gasteiger charge is -2.54. The second-order valence-corrected chi connectivity index (χ2v) is 27.3. The molecule has 6 aromatic rings. The van der Waals surface area contributed by atoms with Crippen molar-refractivity contribution in [2.75, 3.05) is 0 Å². The van der Waals surface area contributed by atoms with Crippen LogP contribution in [-0.4, -0.2) is 0 Å². The predicted molar refractivity (Wildman–Crippen MR) is 311 cm³/mol. The zero-order chi connectivity index (χ0) is 51.3. The van der Waals surface area contributed by atoms with Crippen LogP contribution in [0, 0.1) is 70.0 Å². The highest BCUT2D eigenvalue weighted by Crippen LogP contribution is 2.88. The van der Waals surface area contributed by atoms with Crippen LogP contribution in [0.15, 0.2) is 259 Å². The van der Waals surface area contributed by atoms with Crippen LogP contribution in [0.25, 0.3) is 55.8 Å². The molecule has 6 aliphatic heterocycles. The van der Waals surface area contributed by atoms with Gasteiger partial charge in [0.2, 0.25) is 22.6 Å². The fourth-order valence-electron chi connectivity index (χ4n) is 20.9. The summed E-state index contributed by atoms with van der Waals surface area (Å²) in [6, 6.07) is 43.8. The Labute approximate surface area is 465 Å². The van der Waals surface area contributed by atoms with Gasteiger partial charge in [0.1, 0.15) is 27.2 Å². The number of aromatic nitrogens is 3. The van der Waals surface area contributed by atoms with E-state index in [9.17, 15) is 0 Å². The van der Waals surface area contributed by atoms with E-state index >= 15 is 0 Å². The zero-order valence-corrected chi connectivity index (χ0v) is 44.3. The molecule has 4 saturated carbocycles. The van der Waals surface area contributed by atoms with E-state index in [0.717, 1.165) is 6.54 Å². The first-order valence-corrected chi connectivity index (χ1v) is 30.1. The second kappa shape index (κ2) is 12.4. The van der Waals surface area contributed by atoms with Crippen LogP contribution in [0.3, 0.4) is 0 Å². The molecule has 0 N–H and O–H groups in total. The van der Waals surface area contributed by atoms with Crippen molar-refractivity contribution in [3.8, 4) is 33.4 Å². The number of hydrogen-bond acceptors (Lipinski definition) is 0. The highest BCUT2D eigenvalue weighted by Gasteiger charge is 2.84. The van der Waals surface area contributed by atoms with E-state index in [1.54, 1.807) is 0 Å². The summed E-state index contributed by atoms with van der Waals surface area (Å²) in [5, 5.41) is 0. The molecule has 80 heavy (non-hydrogen) atoms. The maximum atomic E-state index is 2.97.